The van der Waals surface area contributed by atoms with Gasteiger partial charge in [-0.25, -0.2) is 4.39 Å². The molecule has 1 rings (SSSR count). The van der Waals surface area contributed by atoms with Crippen LogP contribution in [0.5, 0.6) is 0 Å². The van der Waals surface area contributed by atoms with Crippen LogP contribution in [0.25, 0.3) is 0 Å². The molecular formula is C11H11Cl2FN2O. The first-order valence-corrected chi connectivity index (χ1v) is 5.59. The Balaban J connectivity index is 2.90. The van der Waals surface area contributed by atoms with Crippen molar-refractivity contribution in [2.75, 3.05) is 5.32 Å². The second-order valence-electron chi connectivity index (χ2n) is 3.65. The zero-order valence-corrected chi connectivity index (χ0v) is 10.8. The molecule has 0 aliphatic carbocycles. The Bertz CT molecular complexity index is 454. The number of halogens is 3. The first-order valence-electron chi connectivity index (χ1n) is 4.83. The molecule has 0 bridgehead atoms. The summed E-state index contributed by atoms with van der Waals surface area (Å²) in [4.78, 5) is 11.6. The summed E-state index contributed by atoms with van der Waals surface area (Å²) >= 11 is 11.2. The Morgan fingerprint density at radius 2 is 1.88 bits per heavy atom. The van der Waals surface area contributed by atoms with E-state index in [4.69, 9.17) is 28.6 Å². The van der Waals surface area contributed by atoms with E-state index in [0.29, 0.717) is 5.69 Å². The Morgan fingerprint density at radius 3 is 2.29 bits per heavy atom. The number of anilines is 1. The molecule has 1 atom stereocenters. The van der Waals surface area contributed by atoms with Gasteiger partial charge in [0.2, 0.25) is 5.91 Å². The molecule has 1 aromatic carbocycles. The minimum absolute atomic E-state index is 0.160. The molecule has 17 heavy (non-hydrogen) atoms. The van der Waals surface area contributed by atoms with Crippen molar-refractivity contribution in [2.24, 2.45) is 5.92 Å². The Morgan fingerprint density at radius 1 is 1.41 bits per heavy atom. The van der Waals surface area contributed by atoms with E-state index in [0.717, 1.165) is 0 Å². The highest BCUT2D eigenvalue weighted by atomic mass is 35.5. The van der Waals surface area contributed by atoms with Crippen molar-refractivity contribution >= 4 is 40.5 Å². The molecule has 1 unspecified atom stereocenters. The summed E-state index contributed by atoms with van der Waals surface area (Å²) in [6.07, 6.45) is 0. The predicted molar refractivity (Wildman–Crippen MR) is 67.6 cm³/mol. The molecular weight excluding hydrogens is 266 g/mol. The van der Waals surface area contributed by atoms with Gasteiger partial charge in [-0.3, -0.25) is 4.79 Å². The van der Waals surface area contributed by atoms with Crippen molar-refractivity contribution in [3.63, 3.8) is 0 Å². The molecule has 0 aliphatic rings. The van der Waals surface area contributed by atoms with Crippen LogP contribution in [0, 0.1) is 17.1 Å². The minimum atomic E-state index is -0.720. The second-order valence-corrected chi connectivity index (χ2v) is 4.46. The summed E-state index contributed by atoms with van der Waals surface area (Å²) in [7, 11) is 0. The highest BCUT2D eigenvalue weighted by Crippen LogP contribution is 2.27. The van der Waals surface area contributed by atoms with Crippen molar-refractivity contribution in [1.82, 2.24) is 0 Å². The molecule has 2 N–H and O–H groups in total. The molecule has 0 saturated carbocycles. The van der Waals surface area contributed by atoms with Crippen molar-refractivity contribution in [3.8, 4) is 0 Å². The fraction of sp³-hybridized carbons (Fsp3) is 0.273. The number of carbonyl (C=O) groups excluding carboxylic acids is 1. The van der Waals surface area contributed by atoms with Crippen LogP contribution in [0.2, 0.25) is 10.0 Å². The molecule has 1 aromatic rings. The highest BCUT2D eigenvalue weighted by molar-refractivity contribution is 6.35. The molecule has 0 heterocycles. The highest BCUT2D eigenvalue weighted by Gasteiger charge is 2.16. The average molecular weight is 277 g/mol. The van der Waals surface area contributed by atoms with Crippen LogP contribution >= 0.6 is 23.2 Å². The third-order valence-electron chi connectivity index (χ3n) is 2.29. The molecule has 0 saturated heterocycles. The fourth-order valence-electron chi connectivity index (χ4n) is 1.07. The Labute approximate surface area is 108 Å². The maximum Gasteiger partial charge on any atom is 0.232 e. The maximum absolute atomic E-state index is 13.1. The van der Waals surface area contributed by atoms with Gasteiger partial charge in [0.15, 0.2) is 5.82 Å². The van der Waals surface area contributed by atoms with Gasteiger partial charge in [-0.1, -0.05) is 23.2 Å². The minimum Gasteiger partial charge on any atom is -0.325 e. The summed E-state index contributed by atoms with van der Waals surface area (Å²) in [5, 5.41) is 9.54. The summed E-state index contributed by atoms with van der Waals surface area (Å²) < 4.78 is 13.1. The lowest BCUT2D eigenvalue weighted by Crippen LogP contribution is -2.25. The van der Waals surface area contributed by atoms with Gasteiger partial charge < -0.3 is 10.7 Å². The van der Waals surface area contributed by atoms with E-state index in [9.17, 15) is 9.18 Å². The van der Waals surface area contributed by atoms with Crippen molar-refractivity contribution in [3.05, 3.63) is 28.0 Å². The van der Waals surface area contributed by atoms with E-state index >= 15 is 0 Å². The molecule has 0 spiro atoms. The summed E-state index contributed by atoms with van der Waals surface area (Å²) in [5.74, 6) is -1.64. The summed E-state index contributed by atoms with van der Waals surface area (Å²) in [5.41, 5.74) is 0.543. The van der Waals surface area contributed by atoms with Crippen LogP contribution in [0.15, 0.2) is 12.1 Å². The zero-order valence-electron chi connectivity index (χ0n) is 9.27. The van der Waals surface area contributed by atoms with E-state index in [1.807, 2.05) is 0 Å². The summed E-state index contributed by atoms with van der Waals surface area (Å²) in [6, 6.07) is 2.54. The number of benzene rings is 1. The molecule has 6 heteroatoms. The SMILES string of the molecule is CC(=N)C(C)C(=O)Nc1cc(Cl)c(F)c(Cl)c1. The molecule has 3 nitrogen and oxygen atoms in total. The van der Waals surface area contributed by atoms with Gasteiger partial charge in [0.1, 0.15) is 0 Å². The third kappa shape index (κ3) is 3.41. The van der Waals surface area contributed by atoms with Crippen LogP contribution < -0.4 is 5.32 Å². The Hall–Kier alpha value is -1.13. The average Bonchev–Trinajstić information content (AvgIpc) is 2.24. The number of carbonyl (C=O) groups is 1. The first-order chi connectivity index (χ1) is 7.82. The number of hydrogen-bond donors (Lipinski definition) is 2. The van der Waals surface area contributed by atoms with Crippen molar-refractivity contribution in [2.45, 2.75) is 13.8 Å². The molecule has 0 fully saturated rings. The largest absolute Gasteiger partial charge is 0.325 e. The lowest BCUT2D eigenvalue weighted by Gasteiger charge is -2.11. The van der Waals surface area contributed by atoms with Crippen LogP contribution in [0.1, 0.15) is 13.8 Å². The molecule has 1 amide bonds. The van der Waals surface area contributed by atoms with Gasteiger partial charge >= 0.3 is 0 Å². The second kappa shape index (κ2) is 5.47. The lowest BCUT2D eigenvalue weighted by atomic mass is 10.1. The third-order valence-corrected chi connectivity index (χ3v) is 2.84. The van der Waals surface area contributed by atoms with E-state index < -0.39 is 11.7 Å². The normalized spacial score (nSPS) is 12.1. The number of amides is 1. The Kier molecular flexibility index (Phi) is 4.48. The monoisotopic (exact) mass is 276 g/mol. The summed E-state index contributed by atoms with van der Waals surface area (Å²) in [6.45, 7) is 3.14. The zero-order chi connectivity index (χ0) is 13.2. The van der Waals surface area contributed by atoms with Crippen LogP contribution in [0.3, 0.4) is 0 Å². The van der Waals surface area contributed by atoms with E-state index in [-0.39, 0.29) is 21.7 Å². The van der Waals surface area contributed by atoms with Crippen LogP contribution in [-0.4, -0.2) is 11.6 Å². The molecule has 92 valence electrons. The van der Waals surface area contributed by atoms with E-state index in [1.54, 1.807) is 6.92 Å². The topological polar surface area (TPSA) is 53.0 Å². The van der Waals surface area contributed by atoms with Gasteiger partial charge in [-0.05, 0) is 26.0 Å². The van der Waals surface area contributed by atoms with Gasteiger partial charge in [0.05, 0.1) is 16.0 Å². The quantitative estimate of drug-likeness (QED) is 0.641. The van der Waals surface area contributed by atoms with E-state index in [2.05, 4.69) is 5.32 Å². The standard InChI is InChI=1S/C11H11Cl2FN2O/c1-5(6(2)15)11(17)16-7-3-8(12)10(14)9(13)4-7/h3-5,15H,1-2H3,(H,16,17). The molecule has 0 aliphatic heterocycles. The van der Waals surface area contributed by atoms with Gasteiger partial charge in [0.25, 0.3) is 0 Å². The fourth-order valence-corrected chi connectivity index (χ4v) is 1.56. The van der Waals surface area contributed by atoms with E-state index in [1.165, 1.54) is 19.1 Å². The van der Waals surface area contributed by atoms with Crippen molar-refractivity contribution < 1.29 is 9.18 Å². The first kappa shape index (κ1) is 13.9. The number of nitrogens with one attached hydrogen (secondary N) is 2. The van der Waals surface area contributed by atoms with Crippen molar-refractivity contribution in [1.29, 1.82) is 5.41 Å². The number of hydrogen-bond acceptors (Lipinski definition) is 2. The molecule has 0 radical (unpaired) electrons. The maximum atomic E-state index is 13.1. The van der Waals surface area contributed by atoms with Gasteiger partial charge in [-0.15, -0.1) is 0 Å². The number of rotatable bonds is 3. The lowest BCUT2D eigenvalue weighted by molar-refractivity contribution is -0.117. The van der Waals surface area contributed by atoms with Crippen LogP contribution in [0.4, 0.5) is 10.1 Å². The predicted octanol–water partition coefficient (Wildman–Crippen LogP) is 3.75. The van der Waals surface area contributed by atoms with Crippen LogP contribution in [-0.2, 0) is 4.79 Å². The van der Waals surface area contributed by atoms with Gasteiger partial charge in [-0.2, -0.15) is 0 Å². The van der Waals surface area contributed by atoms with Gasteiger partial charge in [0, 0.05) is 11.4 Å². The molecule has 0 aromatic heterocycles. The smallest absolute Gasteiger partial charge is 0.232 e.